The lowest BCUT2D eigenvalue weighted by Gasteiger charge is -2.38. The molecule has 0 radical (unpaired) electrons. The first-order valence-electron chi connectivity index (χ1n) is 12.1. The number of likely N-dealkylation sites (tertiary alicyclic amines) is 1. The molecule has 202 valence electrons. The van der Waals surface area contributed by atoms with E-state index in [4.69, 9.17) is 5.73 Å². The summed E-state index contributed by atoms with van der Waals surface area (Å²) in [5, 5.41) is 0. The lowest BCUT2D eigenvalue weighted by atomic mass is 9.94. The number of nitrogen functional groups attached to an aromatic ring is 1. The Hall–Kier alpha value is -2.86. The van der Waals surface area contributed by atoms with Crippen molar-refractivity contribution in [1.82, 2.24) is 19.7 Å². The number of alkyl halides is 6. The first kappa shape index (κ1) is 27.2. The quantitative estimate of drug-likeness (QED) is 0.587. The highest BCUT2D eigenvalue weighted by atomic mass is 19.4. The predicted octanol–water partition coefficient (Wildman–Crippen LogP) is 4.26. The van der Waals surface area contributed by atoms with Crippen molar-refractivity contribution in [3.63, 3.8) is 0 Å². The van der Waals surface area contributed by atoms with Crippen LogP contribution in [0.1, 0.15) is 35.1 Å². The van der Waals surface area contributed by atoms with Crippen molar-refractivity contribution in [3.05, 3.63) is 58.8 Å². The zero-order valence-corrected chi connectivity index (χ0v) is 20.2. The fourth-order valence-electron chi connectivity index (χ4n) is 4.97. The number of pyridine rings is 1. The second kappa shape index (κ2) is 10.9. The zero-order chi connectivity index (χ0) is 26.8. The van der Waals surface area contributed by atoms with Crippen LogP contribution in [0.5, 0.6) is 0 Å². The number of nitrogens with zero attached hydrogens (tertiary/aromatic N) is 4. The van der Waals surface area contributed by atoms with Gasteiger partial charge in [0, 0.05) is 51.4 Å². The van der Waals surface area contributed by atoms with E-state index in [-0.39, 0.29) is 30.0 Å². The number of carbonyl (C=O) groups is 1. The van der Waals surface area contributed by atoms with Crippen LogP contribution >= 0.6 is 0 Å². The van der Waals surface area contributed by atoms with E-state index in [9.17, 15) is 31.1 Å². The molecule has 1 aromatic heterocycles. The van der Waals surface area contributed by atoms with E-state index >= 15 is 0 Å². The Morgan fingerprint density at radius 2 is 1.51 bits per heavy atom. The molecule has 0 aliphatic carbocycles. The maximum Gasteiger partial charge on any atom is 0.416 e. The number of piperidine rings is 1. The molecule has 0 bridgehead atoms. The van der Waals surface area contributed by atoms with Gasteiger partial charge in [0.05, 0.1) is 11.1 Å². The summed E-state index contributed by atoms with van der Waals surface area (Å²) < 4.78 is 79.2. The van der Waals surface area contributed by atoms with Crippen LogP contribution in [0.4, 0.5) is 32.2 Å². The number of aromatic nitrogens is 1. The number of amides is 1. The number of anilines is 1. The lowest BCUT2D eigenvalue weighted by molar-refractivity contribution is -0.143. The molecule has 0 spiro atoms. The van der Waals surface area contributed by atoms with Gasteiger partial charge in [-0.05, 0) is 61.3 Å². The molecule has 12 heteroatoms. The van der Waals surface area contributed by atoms with Crippen LogP contribution in [0.15, 0.2) is 36.5 Å². The van der Waals surface area contributed by atoms with Crippen LogP contribution in [0.2, 0.25) is 0 Å². The Kier molecular flexibility index (Phi) is 7.98. The van der Waals surface area contributed by atoms with Gasteiger partial charge in [-0.15, -0.1) is 0 Å². The van der Waals surface area contributed by atoms with Gasteiger partial charge in [-0.3, -0.25) is 14.6 Å². The minimum Gasteiger partial charge on any atom is -0.384 e. The molecule has 4 rings (SSSR count). The molecule has 1 aromatic carbocycles. The van der Waals surface area contributed by atoms with Crippen molar-refractivity contribution < 1.29 is 31.1 Å². The standard InChI is InChI=1S/C25H29F6N5O/c26-24(27,28)20-2-1-19(21(14-20)25(29,30)31)16-35-9-11-36(12-10-35)23(37)18-4-7-34(8-5-18)15-17-3-6-33-22(32)13-17/h1-3,6,13-14,18H,4-5,7-12,15-16H2,(H2,32,33). The third-order valence-electron chi connectivity index (χ3n) is 7.01. The van der Waals surface area contributed by atoms with Crippen LogP contribution in [-0.4, -0.2) is 64.9 Å². The summed E-state index contributed by atoms with van der Waals surface area (Å²) in [6, 6.07) is 5.50. The Balaban J connectivity index is 1.28. The summed E-state index contributed by atoms with van der Waals surface area (Å²) in [5.41, 5.74) is 3.99. The number of hydrogen-bond donors (Lipinski definition) is 1. The van der Waals surface area contributed by atoms with Gasteiger partial charge >= 0.3 is 12.4 Å². The molecule has 2 aromatic rings. The molecular formula is C25H29F6N5O. The number of hydrogen-bond acceptors (Lipinski definition) is 5. The average molecular weight is 530 g/mol. The van der Waals surface area contributed by atoms with E-state index in [1.807, 2.05) is 12.1 Å². The molecule has 2 fully saturated rings. The van der Waals surface area contributed by atoms with Crippen LogP contribution < -0.4 is 5.73 Å². The molecule has 37 heavy (non-hydrogen) atoms. The van der Waals surface area contributed by atoms with E-state index in [2.05, 4.69) is 9.88 Å². The molecule has 2 aliphatic rings. The van der Waals surface area contributed by atoms with Crippen LogP contribution in [0.25, 0.3) is 0 Å². The number of benzene rings is 1. The topological polar surface area (TPSA) is 65.7 Å². The van der Waals surface area contributed by atoms with E-state index in [1.54, 1.807) is 16.0 Å². The molecule has 2 aliphatic heterocycles. The largest absolute Gasteiger partial charge is 0.416 e. The Morgan fingerprint density at radius 1 is 0.865 bits per heavy atom. The summed E-state index contributed by atoms with van der Waals surface area (Å²) in [5.74, 6) is 0.421. The first-order chi connectivity index (χ1) is 17.4. The highest BCUT2D eigenvalue weighted by Crippen LogP contribution is 2.37. The second-order valence-corrected chi connectivity index (χ2v) is 9.61. The van der Waals surface area contributed by atoms with Gasteiger partial charge in [0.1, 0.15) is 5.82 Å². The SMILES string of the molecule is Nc1cc(CN2CCC(C(=O)N3CCN(Cc4ccc(C(F)(F)F)cc4C(F)(F)F)CC3)CC2)ccn1. The molecule has 2 N–H and O–H groups in total. The van der Waals surface area contributed by atoms with Gasteiger partial charge in [-0.2, -0.15) is 26.3 Å². The van der Waals surface area contributed by atoms with Gasteiger partial charge in [-0.1, -0.05) is 6.07 Å². The van der Waals surface area contributed by atoms with Crippen LogP contribution in [-0.2, 0) is 30.2 Å². The first-order valence-corrected chi connectivity index (χ1v) is 12.1. The minimum absolute atomic E-state index is 0.0537. The Labute approximate surface area is 211 Å². The predicted molar refractivity (Wildman–Crippen MR) is 125 cm³/mol. The summed E-state index contributed by atoms with van der Waals surface area (Å²) in [6.07, 6.45) is -6.64. The van der Waals surface area contributed by atoms with E-state index in [1.165, 1.54) is 0 Å². The van der Waals surface area contributed by atoms with Gasteiger partial charge in [0.15, 0.2) is 0 Å². The third-order valence-corrected chi connectivity index (χ3v) is 7.01. The van der Waals surface area contributed by atoms with E-state index in [0.717, 1.165) is 44.1 Å². The number of carbonyl (C=O) groups excluding carboxylic acids is 1. The number of nitrogens with two attached hydrogens (primary N) is 1. The number of rotatable bonds is 5. The van der Waals surface area contributed by atoms with Gasteiger partial charge < -0.3 is 10.6 Å². The maximum atomic E-state index is 13.5. The molecule has 0 atom stereocenters. The summed E-state index contributed by atoms with van der Waals surface area (Å²) in [4.78, 5) is 22.8. The normalized spacial score (nSPS) is 18.8. The summed E-state index contributed by atoms with van der Waals surface area (Å²) in [6.45, 7) is 3.59. The molecule has 1 amide bonds. The van der Waals surface area contributed by atoms with Gasteiger partial charge in [-0.25, -0.2) is 4.98 Å². The Morgan fingerprint density at radius 3 is 2.11 bits per heavy atom. The second-order valence-electron chi connectivity index (χ2n) is 9.61. The smallest absolute Gasteiger partial charge is 0.384 e. The van der Waals surface area contributed by atoms with Gasteiger partial charge in [0.2, 0.25) is 5.91 Å². The Bertz CT molecular complexity index is 1090. The third kappa shape index (κ3) is 6.92. The van der Waals surface area contributed by atoms with Crippen molar-refractivity contribution in [3.8, 4) is 0 Å². The van der Waals surface area contributed by atoms with E-state index in [0.29, 0.717) is 38.1 Å². The highest BCUT2D eigenvalue weighted by Gasteiger charge is 2.38. The average Bonchev–Trinajstić information content (AvgIpc) is 2.83. The fraction of sp³-hybridized carbons (Fsp3) is 0.520. The van der Waals surface area contributed by atoms with Crippen molar-refractivity contribution >= 4 is 11.7 Å². The molecule has 0 saturated carbocycles. The molecular weight excluding hydrogens is 500 g/mol. The number of piperazine rings is 1. The molecule has 3 heterocycles. The summed E-state index contributed by atoms with van der Waals surface area (Å²) in [7, 11) is 0. The van der Waals surface area contributed by atoms with Crippen molar-refractivity contribution in [2.75, 3.05) is 45.0 Å². The number of halogens is 6. The zero-order valence-electron chi connectivity index (χ0n) is 20.2. The van der Waals surface area contributed by atoms with Crippen molar-refractivity contribution in [2.45, 2.75) is 38.3 Å². The van der Waals surface area contributed by atoms with Crippen molar-refractivity contribution in [2.24, 2.45) is 5.92 Å². The highest BCUT2D eigenvalue weighted by molar-refractivity contribution is 5.79. The maximum absolute atomic E-state index is 13.5. The van der Waals surface area contributed by atoms with Crippen molar-refractivity contribution in [1.29, 1.82) is 0 Å². The van der Waals surface area contributed by atoms with Gasteiger partial charge in [0.25, 0.3) is 0 Å². The lowest BCUT2D eigenvalue weighted by Crippen LogP contribution is -2.51. The summed E-state index contributed by atoms with van der Waals surface area (Å²) >= 11 is 0. The van der Waals surface area contributed by atoms with Crippen LogP contribution in [0, 0.1) is 5.92 Å². The fourth-order valence-corrected chi connectivity index (χ4v) is 4.97. The van der Waals surface area contributed by atoms with E-state index < -0.39 is 23.5 Å². The molecule has 0 unspecified atom stereocenters. The monoisotopic (exact) mass is 529 g/mol. The van der Waals surface area contributed by atoms with Crippen LogP contribution in [0.3, 0.4) is 0 Å². The minimum atomic E-state index is -4.90. The molecule has 2 saturated heterocycles. The molecule has 6 nitrogen and oxygen atoms in total.